The van der Waals surface area contributed by atoms with Crippen LogP contribution in [0.15, 0.2) is 66.4 Å². The number of anilines is 2. The third-order valence-electron chi connectivity index (χ3n) is 6.38. The van der Waals surface area contributed by atoms with Gasteiger partial charge in [0, 0.05) is 35.6 Å². The molecule has 1 aromatic heterocycles. The van der Waals surface area contributed by atoms with Crippen LogP contribution in [0.5, 0.6) is 5.88 Å². The van der Waals surface area contributed by atoms with Gasteiger partial charge in [0.05, 0.1) is 24.4 Å². The zero-order valence-corrected chi connectivity index (χ0v) is 24.1. The average molecular weight is 574 g/mol. The lowest BCUT2D eigenvalue weighted by Crippen LogP contribution is -2.40. The molecule has 3 aromatic rings. The van der Waals surface area contributed by atoms with E-state index in [4.69, 9.17) is 9.47 Å². The number of carbonyl (C=O) groups is 3. The van der Waals surface area contributed by atoms with Crippen LogP contribution in [-0.2, 0) is 9.53 Å². The lowest BCUT2D eigenvalue weighted by molar-refractivity contribution is -0.113. The van der Waals surface area contributed by atoms with Crippen molar-refractivity contribution in [3.8, 4) is 5.88 Å². The molecule has 0 aliphatic carbocycles. The molecular formula is C31H35N5O6. The second-order valence-corrected chi connectivity index (χ2v) is 10.8. The summed E-state index contributed by atoms with van der Waals surface area (Å²) in [5, 5.41) is 21.9. The number of aliphatic hydroxyl groups is 1. The van der Waals surface area contributed by atoms with E-state index in [1.807, 2.05) is 30.3 Å². The van der Waals surface area contributed by atoms with Gasteiger partial charge in [-0.2, -0.15) is 0 Å². The summed E-state index contributed by atoms with van der Waals surface area (Å²) in [6.07, 6.45) is 1.23. The largest absolute Gasteiger partial charge is 0.481 e. The fourth-order valence-corrected chi connectivity index (χ4v) is 4.23. The van der Waals surface area contributed by atoms with Crippen LogP contribution in [0.25, 0.3) is 6.08 Å². The van der Waals surface area contributed by atoms with E-state index in [0.29, 0.717) is 28.4 Å². The summed E-state index contributed by atoms with van der Waals surface area (Å²) in [4.78, 5) is 42.9. The number of pyridine rings is 1. The van der Waals surface area contributed by atoms with Gasteiger partial charge in [-0.05, 0) is 57.0 Å². The van der Waals surface area contributed by atoms with Crippen LogP contribution in [0.2, 0.25) is 0 Å². The van der Waals surface area contributed by atoms with E-state index in [0.717, 1.165) is 11.1 Å². The maximum absolute atomic E-state index is 13.3. The number of benzene rings is 2. The number of carbonyl (C=O) groups excluding carboxylic acids is 3. The van der Waals surface area contributed by atoms with E-state index in [9.17, 15) is 19.5 Å². The van der Waals surface area contributed by atoms with Crippen LogP contribution in [-0.4, -0.2) is 53.5 Å². The predicted molar refractivity (Wildman–Crippen MR) is 159 cm³/mol. The van der Waals surface area contributed by atoms with Gasteiger partial charge in [0.25, 0.3) is 11.8 Å². The van der Waals surface area contributed by atoms with Gasteiger partial charge in [-0.15, -0.1) is 0 Å². The van der Waals surface area contributed by atoms with Crippen LogP contribution >= 0.6 is 0 Å². The van der Waals surface area contributed by atoms with Crippen molar-refractivity contribution in [2.75, 3.05) is 24.3 Å². The standard InChI is InChI=1S/C31H35N5O6/c1-18-11-12-20(27(37)36-25(19-9-7-6-8-10-19)17-33-30(40)42-31(2,3)4)14-23(18)34-28(38)22-13-21-16-32-26(41-5)15-24(21)35-29(22)39/h6-16,25,29,35,39H,17H2,1-5H3,(H,33,40)(H,34,38)(H,36,37). The van der Waals surface area contributed by atoms with Crippen LogP contribution in [0.3, 0.4) is 0 Å². The Kier molecular flexibility index (Phi) is 9.12. The maximum Gasteiger partial charge on any atom is 0.407 e. The van der Waals surface area contributed by atoms with Gasteiger partial charge in [-0.1, -0.05) is 36.4 Å². The SMILES string of the molecule is COc1cc2c(cn1)C=C(C(=O)Nc1cc(C(=O)NC(CNC(=O)OC(C)(C)C)c3ccccc3)ccc1C)C(O)N2. The van der Waals surface area contributed by atoms with E-state index >= 15 is 0 Å². The minimum Gasteiger partial charge on any atom is -0.481 e. The van der Waals surface area contributed by atoms with Gasteiger partial charge in [0.15, 0.2) is 6.23 Å². The van der Waals surface area contributed by atoms with Crippen LogP contribution < -0.4 is 26.0 Å². The second kappa shape index (κ2) is 12.7. The van der Waals surface area contributed by atoms with Crippen LogP contribution in [0, 0.1) is 6.92 Å². The van der Waals surface area contributed by atoms with Crippen molar-refractivity contribution < 1.29 is 29.0 Å². The molecule has 11 nitrogen and oxygen atoms in total. The lowest BCUT2D eigenvalue weighted by Gasteiger charge is -2.24. The first-order valence-corrected chi connectivity index (χ1v) is 13.4. The molecule has 2 aromatic carbocycles. The van der Waals surface area contributed by atoms with E-state index in [1.165, 1.54) is 13.3 Å². The minimum atomic E-state index is -1.26. The predicted octanol–water partition coefficient (Wildman–Crippen LogP) is 4.16. The molecule has 0 bridgehead atoms. The first-order chi connectivity index (χ1) is 19.9. The van der Waals surface area contributed by atoms with Gasteiger partial charge in [-0.3, -0.25) is 9.59 Å². The average Bonchev–Trinajstić information content (AvgIpc) is 2.95. The Labute approximate surface area is 244 Å². The zero-order chi connectivity index (χ0) is 30.4. The Morgan fingerprint density at radius 2 is 1.81 bits per heavy atom. The summed E-state index contributed by atoms with van der Waals surface area (Å²) in [5.41, 5.74) is 2.83. The highest BCUT2D eigenvalue weighted by molar-refractivity contribution is 6.09. The number of ether oxygens (including phenoxy) is 2. The highest BCUT2D eigenvalue weighted by Gasteiger charge is 2.26. The number of rotatable bonds is 8. The van der Waals surface area contributed by atoms with Gasteiger partial charge < -0.3 is 35.8 Å². The van der Waals surface area contributed by atoms with E-state index in [1.54, 1.807) is 58.0 Å². The van der Waals surface area contributed by atoms with Crippen LogP contribution in [0.1, 0.15) is 53.9 Å². The van der Waals surface area contributed by atoms with Crippen molar-refractivity contribution in [2.45, 2.75) is 45.6 Å². The first kappa shape index (κ1) is 30.1. The molecule has 0 spiro atoms. The molecule has 5 N–H and O–H groups in total. The Morgan fingerprint density at radius 3 is 2.50 bits per heavy atom. The number of hydrogen-bond donors (Lipinski definition) is 5. The van der Waals surface area contributed by atoms with Crippen molar-refractivity contribution in [3.05, 3.63) is 88.6 Å². The number of nitrogens with zero attached hydrogens (tertiary/aromatic N) is 1. The normalized spacial score (nSPS) is 14.8. The van der Waals surface area contributed by atoms with Crippen molar-refractivity contribution in [2.24, 2.45) is 0 Å². The van der Waals surface area contributed by atoms with Crippen LogP contribution in [0.4, 0.5) is 16.2 Å². The molecule has 0 fully saturated rings. The number of nitrogens with one attached hydrogen (secondary N) is 4. The number of aromatic nitrogens is 1. The molecular weight excluding hydrogens is 538 g/mol. The molecule has 11 heteroatoms. The molecule has 0 saturated heterocycles. The molecule has 3 amide bonds. The molecule has 0 saturated carbocycles. The topological polar surface area (TPSA) is 151 Å². The summed E-state index contributed by atoms with van der Waals surface area (Å²) in [7, 11) is 1.49. The molecule has 2 atom stereocenters. The van der Waals surface area contributed by atoms with Crippen molar-refractivity contribution in [1.29, 1.82) is 0 Å². The molecule has 0 radical (unpaired) electrons. The van der Waals surface area contributed by atoms with E-state index < -0.39 is 35.8 Å². The molecule has 1 aliphatic heterocycles. The van der Waals surface area contributed by atoms with Crippen molar-refractivity contribution in [1.82, 2.24) is 15.6 Å². The monoisotopic (exact) mass is 573 g/mol. The van der Waals surface area contributed by atoms with E-state index in [-0.39, 0.29) is 12.1 Å². The Balaban J connectivity index is 1.50. The van der Waals surface area contributed by atoms with Crippen molar-refractivity contribution >= 4 is 35.4 Å². The third-order valence-corrected chi connectivity index (χ3v) is 6.38. The van der Waals surface area contributed by atoms with Gasteiger partial charge in [0.2, 0.25) is 5.88 Å². The highest BCUT2D eigenvalue weighted by Crippen LogP contribution is 2.29. The van der Waals surface area contributed by atoms with Gasteiger partial charge in [0.1, 0.15) is 5.60 Å². The second-order valence-electron chi connectivity index (χ2n) is 10.8. The summed E-state index contributed by atoms with van der Waals surface area (Å²) < 4.78 is 10.4. The quantitative estimate of drug-likeness (QED) is 0.270. The summed E-state index contributed by atoms with van der Waals surface area (Å²) >= 11 is 0. The number of alkyl carbamates (subject to hydrolysis) is 1. The molecule has 42 heavy (non-hydrogen) atoms. The highest BCUT2D eigenvalue weighted by atomic mass is 16.6. The molecule has 1 aliphatic rings. The number of aryl methyl sites for hydroxylation is 1. The summed E-state index contributed by atoms with van der Waals surface area (Å²) in [5.74, 6) is -0.575. The number of amides is 3. The smallest absolute Gasteiger partial charge is 0.407 e. The number of methoxy groups -OCH3 is 1. The summed E-state index contributed by atoms with van der Waals surface area (Å²) in [6, 6.07) is 15.3. The number of aliphatic hydroxyl groups excluding tert-OH is 1. The fraction of sp³-hybridized carbons (Fsp3) is 0.290. The molecule has 2 unspecified atom stereocenters. The number of hydrogen-bond acceptors (Lipinski definition) is 8. The molecule has 220 valence electrons. The number of fused-ring (bicyclic) bond motifs is 1. The molecule has 2 heterocycles. The fourth-order valence-electron chi connectivity index (χ4n) is 4.23. The lowest BCUT2D eigenvalue weighted by atomic mass is 10.0. The third kappa shape index (κ3) is 7.64. The Bertz CT molecular complexity index is 1500. The van der Waals surface area contributed by atoms with Gasteiger partial charge in [-0.25, -0.2) is 9.78 Å². The Morgan fingerprint density at radius 1 is 1.07 bits per heavy atom. The van der Waals surface area contributed by atoms with Crippen molar-refractivity contribution in [3.63, 3.8) is 0 Å². The first-order valence-electron chi connectivity index (χ1n) is 13.4. The summed E-state index contributed by atoms with van der Waals surface area (Å²) in [6.45, 7) is 7.20. The minimum absolute atomic E-state index is 0.0843. The zero-order valence-electron chi connectivity index (χ0n) is 24.1. The maximum atomic E-state index is 13.3. The van der Waals surface area contributed by atoms with E-state index in [2.05, 4.69) is 26.3 Å². The molecule has 4 rings (SSSR count). The Hall–Kier alpha value is -4.90. The van der Waals surface area contributed by atoms with Gasteiger partial charge >= 0.3 is 6.09 Å².